The maximum absolute atomic E-state index is 12.2. The first-order chi connectivity index (χ1) is 13.2. The zero-order valence-corrected chi connectivity index (χ0v) is 15.1. The second-order valence-electron chi connectivity index (χ2n) is 6.06. The van der Waals surface area contributed by atoms with Gasteiger partial charge in [-0.05, 0) is 30.3 Å². The van der Waals surface area contributed by atoms with Crippen LogP contribution >= 0.6 is 11.3 Å². The number of hydrogen-bond acceptors (Lipinski definition) is 7. The Hall–Kier alpha value is -2.81. The maximum atomic E-state index is 12.2. The number of amides is 1. The lowest BCUT2D eigenvalue weighted by molar-refractivity contribution is -0.121. The maximum Gasteiger partial charge on any atom is 0.265 e. The number of fused-ring (bicyclic) bond motifs is 1. The number of aromatic nitrogens is 2. The van der Waals surface area contributed by atoms with Crippen LogP contribution in [0.4, 0.5) is 5.69 Å². The number of benzene rings is 1. The van der Waals surface area contributed by atoms with Crippen molar-refractivity contribution >= 4 is 22.9 Å². The molecule has 0 aliphatic carbocycles. The largest absolute Gasteiger partial charge is 0.482 e. The molecule has 0 fully saturated rings. The zero-order valence-electron chi connectivity index (χ0n) is 14.3. The second-order valence-corrected chi connectivity index (χ2v) is 6.92. The first kappa shape index (κ1) is 17.6. The topological polar surface area (TPSA) is 95.8 Å². The predicted octanol–water partition coefficient (Wildman–Crippen LogP) is 1.95. The molecule has 0 radical (unpaired) electrons. The fourth-order valence-electron chi connectivity index (χ4n) is 2.84. The first-order valence-corrected chi connectivity index (χ1v) is 9.27. The summed E-state index contributed by atoms with van der Waals surface area (Å²) in [5, 5.41) is 21.6. The summed E-state index contributed by atoms with van der Waals surface area (Å²) in [6, 6.07) is 11.2. The number of thiazole rings is 1. The molecule has 3 aromatic rings. The van der Waals surface area contributed by atoms with Gasteiger partial charge in [-0.25, -0.2) is 4.98 Å². The minimum absolute atomic E-state index is 0.00535. The smallest absolute Gasteiger partial charge is 0.265 e. The third-order valence-corrected chi connectivity index (χ3v) is 5.05. The number of aliphatic hydroxyl groups excluding tert-OH is 2. The molecule has 4 rings (SSSR count). The molecule has 2 N–H and O–H groups in total. The van der Waals surface area contributed by atoms with Crippen LogP contribution in [0.1, 0.15) is 0 Å². The lowest BCUT2D eigenvalue weighted by atomic mass is 10.1. The van der Waals surface area contributed by atoms with Crippen LogP contribution in [0.2, 0.25) is 0 Å². The molecule has 1 aliphatic rings. The molecule has 8 heteroatoms. The number of carbonyl (C=O) groups is 1. The molecule has 0 saturated heterocycles. The molecule has 1 aliphatic heterocycles. The molecule has 0 bridgehead atoms. The van der Waals surface area contributed by atoms with E-state index in [1.54, 1.807) is 12.3 Å². The quantitative estimate of drug-likeness (QED) is 0.699. The van der Waals surface area contributed by atoms with Gasteiger partial charge in [0.15, 0.2) is 6.61 Å². The van der Waals surface area contributed by atoms with Gasteiger partial charge in [-0.1, -0.05) is 6.07 Å². The van der Waals surface area contributed by atoms with Crippen molar-refractivity contribution in [3.63, 3.8) is 0 Å². The van der Waals surface area contributed by atoms with E-state index in [0.717, 1.165) is 22.0 Å². The van der Waals surface area contributed by atoms with Gasteiger partial charge in [-0.15, -0.1) is 11.3 Å². The summed E-state index contributed by atoms with van der Waals surface area (Å²) in [5.74, 6) is 0.295. The van der Waals surface area contributed by atoms with E-state index in [0.29, 0.717) is 11.4 Å². The number of aliphatic hydroxyl groups is 2. The van der Waals surface area contributed by atoms with Gasteiger partial charge in [0.25, 0.3) is 5.91 Å². The molecule has 0 saturated carbocycles. The number of rotatable bonds is 5. The Morgan fingerprint density at radius 1 is 1.26 bits per heavy atom. The third kappa shape index (κ3) is 3.55. The van der Waals surface area contributed by atoms with Crippen LogP contribution in [-0.4, -0.2) is 52.0 Å². The van der Waals surface area contributed by atoms with Gasteiger partial charge in [0.1, 0.15) is 10.8 Å². The molecular formula is C19H17N3O4S. The highest BCUT2D eigenvalue weighted by atomic mass is 32.1. The average Bonchev–Trinajstić information content (AvgIpc) is 3.20. The van der Waals surface area contributed by atoms with Crippen LogP contribution in [0.5, 0.6) is 5.75 Å². The van der Waals surface area contributed by atoms with E-state index >= 15 is 0 Å². The van der Waals surface area contributed by atoms with E-state index in [9.17, 15) is 9.90 Å². The molecule has 1 atom stereocenters. The van der Waals surface area contributed by atoms with Gasteiger partial charge in [-0.3, -0.25) is 9.78 Å². The number of β-amino-alcohol motifs (C(OH)–C–C–N with tert-alkyl or cyclic N) is 1. The average molecular weight is 383 g/mol. The molecule has 1 amide bonds. The Labute approximate surface area is 159 Å². The summed E-state index contributed by atoms with van der Waals surface area (Å²) < 4.78 is 5.48. The lowest BCUT2D eigenvalue weighted by Crippen LogP contribution is -2.44. The molecular weight excluding hydrogens is 366 g/mol. The van der Waals surface area contributed by atoms with Crippen LogP contribution in [0.3, 0.4) is 0 Å². The highest BCUT2D eigenvalue weighted by Crippen LogP contribution is 2.37. The van der Waals surface area contributed by atoms with Gasteiger partial charge in [0, 0.05) is 17.1 Å². The van der Waals surface area contributed by atoms with Crippen molar-refractivity contribution in [1.82, 2.24) is 9.97 Å². The molecule has 138 valence electrons. The SMILES string of the molecule is O=C1COc2ccc(-c3csc(-c4ccccn4)n3)cc2N1CC(O)CO. The monoisotopic (exact) mass is 383 g/mol. The Kier molecular flexibility index (Phi) is 4.85. The van der Waals surface area contributed by atoms with Crippen molar-refractivity contribution in [2.24, 2.45) is 0 Å². The van der Waals surface area contributed by atoms with E-state index in [2.05, 4.69) is 9.97 Å². The van der Waals surface area contributed by atoms with Gasteiger partial charge in [0.05, 0.1) is 36.3 Å². The van der Waals surface area contributed by atoms with Crippen LogP contribution in [0.15, 0.2) is 48.0 Å². The molecule has 7 nitrogen and oxygen atoms in total. The summed E-state index contributed by atoms with van der Waals surface area (Å²) >= 11 is 1.49. The first-order valence-electron chi connectivity index (χ1n) is 8.39. The fraction of sp³-hybridized carbons (Fsp3) is 0.211. The van der Waals surface area contributed by atoms with Crippen LogP contribution in [0.25, 0.3) is 22.0 Å². The summed E-state index contributed by atoms with van der Waals surface area (Å²) in [6.07, 6.45) is 0.710. The van der Waals surface area contributed by atoms with Crippen molar-refractivity contribution < 1.29 is 19.7 Å². The molecule has 0 spiro atoms. The Morgan fingerprint density at radius 2 is 2.15 bits per heavy atom. The van der Waals surface area contributed by atoms with E-state index in [1.807, 2.05) is 35.7 Å². The van der Waals surface area contributed by atoms with E-state index < -0.39 is 12.7 Å². The van der Waals surface area contributed by atoms with Gasteiger partial charge < -0.3 is 19.8 Å². The van der Waals surface area contributed by atoms with Crippen molar-refractivity contribution in [3.8, 4) is 27.7 Å². The minimum Gasteiger partial charge on any atom is -0.482 e. The fourth-order valence-corrected chi connectivity index (χ4v) is 3.65. The zero-order chi connectivity index (χ0) is 18.8. The second kappa shape index (κ2) is 7.43. The Morgan fingerprint density at radius 3 is 2.93 bits per heavy atom. The normalized spacial score (nSPS) is 14.6. The molecule has 1 aromatic carbocycles. The highest BCUT2D eigenvalue weighted by Gasteiger charge is 2.27. The Bertz CT molecular complexity index is 961. The number of nitrogens with zero attached hydrogens (tertiary/aromatic N) is 3. The summed E-state index contributed by atoms with van der Waals surface area (Å²) in [6.45, 7) is -0.504. The molecule has 3 heterocycles. The van der Waals surface area contributed by atoms with E-state index in [1.165, 1.54) is 16.2 Å². The molecule has 2 aromatic heterocycles. The van der Waals surface area contributed by atoms with Gasteiger partial charge in [0.2, 0.25) is 0 Å². The predicted molar refractivity (Wildman–Crippen MR) is 102 cm³/mol. The molecule has 1 unspecified atom stereocenters. The van der Waals surface area contributed by atoms with E-state index in [4.69, 9.17) is 9.84 Å². The Balaban J connectivity index is 1.68. The molecule has 27 heavy (non-hydrogen) atoms. The summed E-state index contributed by atoms with van der Waals surface area (Å²) in [7, 11) is 0. The van der Waals surface area contributed by atoms with E-state index in [-0.39, 0.29) is 19.1 Å². The van der Waals surface area contributed by atoms with Crippen molar-refractivity contribution in [2.75, 3.05) is 24.7 Å². The standard InChI is InChI=1S/C19H17N3O4S/c23-9-13(24)8-22-16-7-12(4-5-17(16)26-10-18(22)25)15-11-27-19(21-15)14-3-1-2-6-20-14/h1-7,11,13,23-24H,8-10H2. The number of pyridine rings is 1. The number of anilines is 1. The third-order valence-electron chi connectivity index (χ3n) is 4.19. The van der Waals surface area contributed by atoms with Crippen LogP contribution in [-0.2, 0) is 4.79 Å². The highest BCUT2D eigenvalue weighted by molar-refractivity contribution is 7.13. The van der Waals surface area contributed by atoms with Crippen LogP contribution in [0, 0.1) is 0 Å². The van der Waals surface area contributed by atoms with Crippen molar-refractivity contribution in [1.29, 1.82) is 0 Å². The van der Waals surface area contributed by atoms with Crippen molar-refractivity contribution in [2.45, 2.75) is 6.10 Å². The van der Waals surface area contributed by atoms with Gasteiger partial charge >= 0.3 is 0 Å². The summed E-state index contributed by atoms with van der Waals surface area (Å²) in [4.78, 5) is 22.6. The minimum atomic E-state index is -1.02. The number of ether oxygens (including phenoxy) is 1. The van der Waals surface area contributed by atoms with Crippen molar-refractivity contribution in [3.05, 3.63) is 48.0 Å². The van der Waals surface area contributed by atoms with Gasteiger partial charge in [-0.2, -0.15) is 0 Å². The lowest BCUT2D eigenvalue weighted by Gasteiger charge is -2.30. The number of carbonyl (C=O) groups excluding carboxylic acids is 1. The number of hydrogen-bond donors (Lipinski definition) is 2. The summed E-state index contributed by atoms with van der Waals surface area (Å²) in [5.41, 5.74) is 2.96. The van der Waals surface area contributed by atoms with Crippen LogP contribution < -0.4 is 9.64 Å².